The maximum absolute atomic E-state index is 5.66. The molecule has 0 saturated heterocycles. The van der Waals surface area contributed by atoms with Crippen LogP contribution in [0, 0.1) is 6.92 Å². The van der Waals surface area contributed by atoms with Crippen LogP contribution in [-0.4, -0.2) is 18.1 Å². The molecule has 4 heteroatoms. The summed E-state index contributed by atoms with van der Waals surface area (Å²) in [5.41, 5.74) is 3.96. The van der Waals surface area contributed by atoms with Gasteiger partial charge in [0, 0.05) is 32.9 Å². The monoisotopic (exact) mass is 312 g/mol. The zero-order chi connectivity index (χ0) is 15.1. The fraction of sp³-hybridized carbons (Fsp3) is 0.333. The van der Waals surface area contributed by atoms with Crippen LogP contribution in [0.4, 0.5) is 0 Å². The summed E-state index contributed by atoms with van der Waals surface area (Å²) in [4.78, 5) is 6.38. The van der Waals surface area contributed by atoms with Gasteiger partial charge in [0.15, 0.2) is 0 Å². The highest BCUT2D eigenvalue weighted by atomic mass is 32.1. The molecular formula is C18H20N2OS. The van der Waals surface area contributed by atoms with Gasteiger partial charge in [0.05, 0.1) is 12.6 Å². The fourth-order valence-electron chi connectivity index (χ4n) is 3.31. The summed E-state index contributed by atoms with van der Waals surface area (Å²) in [6.07, 6.45) is 1.06. The third kappa shape index (κ3) is 2.23. The molecule has 4 rings (SSSR count). The van der Waals surface area contributed by atoms with E-state index in [2.05, 4.69) is 41.5 Å². The first-order chi connectivity index (χ1) is 10.8. The third-order valence-electron chi connectivity index (χ3n) is 4.28. The van der Waals surface area contributed by atoms with Crippen molar-refractivity contribution in [3.8, 4) is 5.75 Å². The van der Waals surface area contributed by atoms with Crippen molar-refractivity contribution >= 4 is 22.2 Å². The number of H-pyrrole nitrogens is 1. The average Bonchev–Trinajstić information content (AvgIpc) is 3.11. The molecule has 2 aromatic heterocycles. The number of aromatic nitrogens is 1. The van der Waals surface area contributed by atoms with Gasteiger partial charge in [-0.1, -0.05) is 0 Å². The Morgan fingerprint density at radius 2 is 2.18 bits per heavy atom. The van der Waals surface area contributed by atoms with Gasteiger partial charge < -0.3 is 15.0 Å². The first kappa shape index (κ1) is 13.9. The molecule has 114 valence electrons. The summed E-state index contributed by atoms with van der Waals surface area (Å²) >= 11 is 1.87. The van der Waals surface area contributed by atoms with E-state index < -0.39 is 0 Å². The van der Waals surface area contributed by atoms with E-state index in [1.807, 2.05) is 24.3 Å². The van der Waals surface area contributed by atoms with Gasteiger partial charge in [0.25, 0.3) is 0 Å². The van der Waals surface area contributed by atoms with Crippen LogP contribution in [0.25, 0.3) is 10.9 Å². The Labute approximate surface area is 134 Å². The molecule has 3 aromatic rings. The van der Waals surface area contributed by atoms with Gasteiger partial charge in [-0.3, -0.25) is 0 Å². The minimum atomic E-state index is 0.283. The van der Waals surface area contributed by atoms with Crippen molar-refractivity contribution in [3.05, 3.63) is 51.3 Å². The lowest BCUT2D eigenvalue weighted by Crippen LogP contribution is -2.29. The fourth-order valence-corrected chi connectivity index (χ4v) is 4.28. The first-order valence-corrected chi connectivity index (χ1v) is 8.65. The summed E-state index contributed by atoms with van der Waals surface area (Å²) in [6.45, 7) is 5.91. The van der Waals surface area contributed by atoms with E-state index in [0.29, 0.717) is 6.61 Å². The van der Waals surface area contributed by atoms with Gasteiger partial charge in [0.1, 0.15) is 5.75 Å². The van der Waals surface area contributed by atoms with Crippen molar-refractivity contribution in [1.82, 2.24) is 10.3 Å². The molecule has 0 amide bonds. The maximum atomic E-state index is 5.66. The number of benzene rings is 1. The second kappa shape index (κ2) is 5.45. The Bertz CT molecular complexity index is 818. The second-order valence-electron chi connectivity index (χ2n) is 5.74. The van der Waals surface area contributed by atoms with Crippen molar-refractivity contribution in [2.75, 3.05) is 13.2 Å². The molecule has 1 unspecified atom stereocenters. The number of aryl methyl sites for hydroxylation is 1. The summed E-state index contributed by atoms with van der Waals surface area (Å²) in [7, 11) is 0. The van der Waals surface area contributed by atoms with Gasteiger partial charge in [0.2, 0.25) is 0 Å². The second-order valence-corrected chi connectivity index (χ2v) is 7.06. The van der Waals surface area contributed by atoms with Crippen molar-refractivity contribution in [2.24, 2.45) is 0 Å². The van der Waals surface area contributed by atoms with Crippen LogP contribution in [0.2, 0.25) is 0 Å². The van der Waals surface area contributed by atoms with E-state index >= 15 is 0 Å². The lowest BCUT2D eigenvalue weighted by molar-refractivity contribution is 0.340. The van der Waals surface area contributed by atoms with Gasteiger partial charge in [-0.15, -0.1) is 11.3 Å². The molecule has 22 heavy (non-hydrogen) atoms. The average molecular weight is 312 g/mol. The number of fused-ring (bicyclic) bond motifs is 3. The highest BCUT2D eigenvalue weighted by Gasteiger charge is 2.26. The molecule has 1 atom stereocenters. The lowest BCUT2D eigenvalue weighted by atomic mass is 9.98. The van der Waals surface area contributed by atoms with Crippen LogP contribution in [0.1, 0.15) is 34.0 Å². The molecule has 2 N–H and O–H groups in total. The number of ether oxygens (including phenoxy) is 1. The SMILES string of the molecule is CCOc1ccc2[nH]c3c(c2c1)CCNC3c1ccc(C)s1. The number of rotatable bonds is 3. The Hall–Kier alpha value is -1.78. The predicted octanol–water partition coefficient (Wildman–Crippen LogP) is 4.17. The Balaban J connectivity index is 1.83. The minimum absolute atomic E-state index is 0.283. The van der Waals surface area contributed by atoms with Crippen LogP contribution in [0.3, 0.4) is 0 Å². The molecule has 0 saturated carbocycles. The Morgan fingerprint density at radius 3 is 2.95 bits per heavy atom. The highest BCUT2D eigenvalue weighted by molar-refractivity contribution is 7.12. The van der Waals surface area contributed by atoms with Crippen molar-refractivity contribution < 1.29 is 4.74 Å². The van der Waals surface area contributed by atoms with E-state index in [9.17, 15) is 0 Å². The standard InChI is InChI=1S/C18H20N2OS/c1-3-21-12-5-6-15-14(10-12)13-8-9-19-18(17(13)20-15)16-7-4-11(2)22-16/h4-7,10,18-20H,3,8-9H2,1-2H3. The van der Waals surface area contributed by atoms with Crippen molar-refractivity contribution in [1.29, 1.82) is 0 Å². The molecule has 0 radical (unpaired) electrons. The molecule has 3 heterocycles. The smallest absolute Gasteiger partial charge is 0.120 e. The summed E-state index contributed by atoms with van der Waals surface area (Å²) in [5, 5.41) is 4.96. The zero-order valence-electron chi connectivity index (χ0n) is 12.9. The molecular weight excluding hydrogens is 292 g/mol. The van der Waals surface area contributed by atoms with Crippen molar-refractivity contribution in [3.63, 3.8) is 0 Å². The molecule has 0 spiro atoms. The molecule has 0 fully saturated rings. The zero-order valence-corrected chi connectivity index (χ0v) is 13.7. The number of aromatic amines is 1. The topological polar surface area (TPSA) is 37.0 Å². The van der Waals surface area contributed by atoms with Gasteiger partial charge in [-0.2, -0.15) is 0 Å². The minimum Gasteiger partial charge on any atom is -0.494 e. The molecule has 1 aliphatic heterocycles. The van der Waals surface area contributed by atoms with Crippen molar-refractivity contribution in [2.45, 2.75) is 26.3 Å². The molecule has 0 aliphatic carbocycles. The van der Waals surface area contributed by atoms with Gasteiger partial charge >= 0.3 is 0 Å². The number of hydrogen-bond donors (Lipinski definition) is 2. The normalized spacial score (nSPS) is 17.6. The van der Waals surface area contributed by atoms with E-state index in [1.54, 1.807) is 0 Å². The van der Waals surface area contributed by atoms with Gasteiger partial charge in [-0.25, -0.2) is 0 Å². The van der Waals surface area contributed by atoms with E-state index in [4.69, 9.17) is 4.74 Å². The maximum Gasteiger partial charge on any atom is 0.120 e. The molecule has 3 nitrogen and oxygen atoms in total. The summed E-state index contributed by atoms with van der Waals surface area (Å²) in [5.74, 6) is 0.957. The molecule has 1 aromatic carbocycles. The number of hydrogen-bond acceptors (Lipinski definition) is 3. The summed E-state index contributed by atoms with van der Waals surface area (Å²) < 4.78 is 5.66. The van der Waals surface area contributed by atoms with E-state index in [0.717, 1.165) is 18.7 Å². The quantitative estimate of drug-likeness (QED) is 0.761. The molecule has 0 bridgehead atoms. The first-order valence-electron chi connectivity index (χ1n) is 7.83. The van der Waals surface area contributed by atoms with Crippen LogP contribution in [-0.2, 0) is 6.42 Å². The van der Waals surface area contributed by atoms with E-state index in [-0.39, 0.29) is 6.04 Å². The lowest BCUT2D eigenvalue weighted by Gasteiger charge is -2.23. The number of thiophene rings is 1. The third-order valence-corrected chi connectivity index (χ3v) is 5.34. The van der Waals surface area contributed by atoms with Crippen LogP contribution < -0.4 is 10.1 Å². The number of nitrogens with one attached hydrogen (secondary N) is 2. The van der Waals surface area contributed by atoms with E-state index in [1.165, 1.54) is 31.9 Å². The predicted molar refractivity (Wildman–Crippen MR) is 92.1 cm³/mol. The van der Waals surface area contributed by atoms with Crippen LogP contribution in [0.15, 0.2) is 30.3 Å². The highest BCUT2D eigenvalue weighted by Crippen LogP contribution is 2.37. The molecule has 1 aliphatic rings. The Kier molecular flexibility index (Phi) is 3.43. The summed E-state index contributed by atoms with van der Waals surface area (Å²) in [6, 6.07) is 11.1. The van der Waals surface area contributed by atoms with Crippen LogP contribution >= 0.6 is 11.3 Å². The Morgan fingerprint density at radius 1 is 1.27 bits per heavy atom. The van der Waals surface area contributed by atoms with Crippen LogP contribution in [0.5, 0.6) is 5.75 Å². The largest absolute Gasteiger partial charge is 0.494 e. The van der Waals surface area contributed by atoms with Gasteiger partial charge in [-0.05, 0) is 56.2 Å².